The highest BCUT2D eigenvalue weighted by Crippen LogP contribution is 1.71. The Morgan fingerprint density at radius 3 is 2.78 bits per heavy atom. The molecule has 0 bridgehead atoms. The first-order chi connectivity index (χ1) is 4.16. The van der Waals surface area contributed by atoms with E-state index < -0.39 is 23.1 Å². The average Bonchev–Trinajstić information content (AvgIpc) is 1.83. The van der Waals surface area contributed by atoms with E-state index in [-0.39, 0.29) is 0 Å². The summed E-state index contributed by atoms with van der Waals surface area (Å²) < 4.78 is 23.6. The van der Waals surface area contributed by atoms with E-state index >= 15 is 0 Å². The van der Waals surface area contributed by atoms with Crippen LogP contribution >= 0.6 is 0 Å². The molecule has 0 saturated carbocycles. The number of ether oxygens (including phenoxy) is 1. The minimum atomic E-state index is -2.25. The molecule has 54 valence electrons. The molecule has 5 nitrogen and oxygen atoms in total. The number of hydrogen-bond acceptors (Lipinski definition) is 4. The number of carbonyl (C=O) groups is 1. The van der Waals surface area contributed by atoms with Crippen LogP contribution < -0.4 is 5.32 Å². The van der Waals surface area contributed by atoms with Gasteiger partial charge in [0.05, 0.1) is 13.0 Å². The molecule has 0 aliphatic rings. The van der Waals surface area contributed by atoms with E-state index in [1.54, 1.807) is 0 Å². The van der Waals surface area contributed by atoms with Gasteiger partial charge in [-0.25, -0.2) is 4.79 Å². The van der Waals surface area contributed by atoms with Crippen molar-refractivity contribution in [2.45, 2.75) is 0 Å². The molecule has 0 fully saturated rings. The molecule has 0 aromatic rings. The van der Waals surface area contributed by atoms with Crippen molar-refractivity contribution < 1.29 is 18.3 Å². The van der Waals surface area contributed by atoms with Crippen molar-refractivity contribution in [2.24, 2.45) is 0 Å². The summed E-state index contributed by atoms with van der Waals surface area (Å²) in [6.45, 7) is 0. The van der Waals surface area contributed by atoms with Crippen LogP contribution in [0.5, 0.6) is 0 Å². The normalized spacial score (nSPS) is 12.2. The summed E-state index contributed by atoms with van der Waals surface area (Å²) in [5, 5.41) is 1.96. The highest BCUT2D eigenvalue weighted by Gasteiger charge is 1.93. The van der Waals surface area contributed by atoms with E-state index in [1.165, 1.54) is 0 Å². The van der Waals surface area contributed by atoms with Gasteiger partial charge in [0.25, 0.3) is 0 Å². The summed E-state index contributed by atoms with van der Waals surface area (Å²) in [6.07, 6.45) is -0.751. The maximum Gasteiger partial charge on any atom is 0.407 e. The maximum atomic E-state index is 10.1. The SMILES string of the molecule is COC(=O)NCS(=O)[O-]. The zero-order valence-corrected chi connectivity index (χ0v) is 5.56. The second-order valence-electron chi connectivity index (χ2n) is 1.12. The second kappa shape index (κ2) is 4.28. The van der Waals surface area contributed by atoms with Crippen molar-refractivity contribution in [1.29, 1.82) is 0 Å². The van der Waals surface area contributed by atoms with Crippen LogP contribution in [0.1, 0.15) is 0 Å². The van der Waals surface area contributed by atoms with E-state index in [0.29, 0.717) is 0 Å². The number of nitrogens with one attached hydrogen (secondary N) is 1. The number of methoxy groups -OCH3 is 1. The van der Waals surface area contributed by atoms with Gasteiger partial charge in [-0.05, 0) is 11.1 Å². The van der Waals surface area contributed by atoms with Gasteiger partial charge in [0, 0.05) is 0 Å². The molecule has 1 atom stereocenters. The first-order valence-electron chi connectivity index (χ1n) is 2.04. The van der Waals surface area contributed by atoms with Crippen molar-refractivity contribution in [3.8, 4) is 0 Å². The van der Waals surface area contributed by atoms with Crippen LogP contribution in [0.3, 0.4) is 0 Å². The largest absolute Gasteiger partial charge is 0.771 e. The number of carbonyl (C=O) groups excluding carboxylic acids is 1. The van der Waals surface area contributed by atoms with Crippen LogP contribution in [0.25, 0.3) is 0 Å². The van der Waals surface area contributed by atoms with Gasteiger partial charge in [-0.3, -0.25) is 4.21 Å². The number of amides is 1. The van der Waals surface area contributed by atoms with Crippen LogP contribution in [-0.4, -0.2) is 27.8 Å². The molecule has 0 aromatic carbocycles. The molecule has 1 N–H and O–H groups in total. The monoisotopic (exact) mass is 152 g/mol. The molecule has 9 heavy (non-hydrogen) atoms. The van der Waals surface area contributed by atoms with Gasteiger partial charge < -0.3 is 14.6 Å². The lowest BCUT2D eigenvalue weighted by Gasteiger charge is -2.04. The predicted molar refractivity (Wildman–Crippen MR) is 29.3 cm³/mol. The van der Waals surface area contributed by atoms with Crippen LogP contribution in [-0.2, 0) is 15.8 Å². The van der Waals surface area contributed by atoms with Gasteiger partial charge in [0.1, 0.15) is 0 Å². The highest BCUT2D eigenvalue weighted by molar-refractivity contribution is 7.79. The maximum absolute atomic E-state index is 10.1. The summed E-state index contributed by atoms with van der Waals surface area (Å²) in [7, 11) is 1.16. The van der Waals surface area contributed by atoms with Crippen molar-refractivity contribution in [1.82, 2.24) is 5.32 Å². The standard InChI is InChI=1S/C3H7NO4S/c1-8-3(5)4-2-9(6)7/h2H2,1H3,(H,4,5)(H,6,7)/p-1. The third-order valence-electron chi connectivity index (χ3n) is 0.520. The minimum Gasteiger partial charge on any atom is -0.771 e. The van der Waals surface area contributed by atoms with E-state index in [2.05, 4.69) is 4.74 Å². The van der Waals surface area contributed by atoms with Crippen molar-refractivity contribution in [3.05, 3.63) is 0 Å². The van der Waals surface area contributed by atoms with Gasteiger partial charge in [0.2, 0.25) is 0 Å². The third kappa shape index (κ3) is 5.25. The van der Waals surface area contributed by atoms with Gasteiger partial charge >= 0.3 is 6.09 Å². The zero-order valence-electron chi connectivity index (χ0n) is 4.75. The topological polar surface area (TPSA) is 78.5 Å². The molecule has 0 aliphatic heterocycles. The quantitative estimate of drug-likeness (QED) is 0.524. The predicted octanol–water partition coefficient (Wildman–Crippen LogP) is -0.821. The van der Waals surface area contributed by atoms with Crippen LogP contribution in [0.2, 0.25) is 0 Å². The summed E-state index contributed by atoms with van der Waals surface area (Å²) in [5.74, 6) is -0.410. The fraction of sp³-hybridized carbons (Fsp3) is 0.667. The van der Waals surface area contributed by atoms with Crippen LogP contribution in [0.15, 0.2) is 0 Å². The highest BCUT2D eigenvalue weighted by atomic mass is 32.2. The molecule has 0 aromatic heterocycles. The molecular formula is C3H6NO4S-. The number of rotatable bonds is 2. The Hall–Kier alpha value is -0.620. The van der Waals surface area contributed by atoms with E-state index in [9.17, 15) is 13.6 Å². The lowest BCUT2D eigenvalue weighted by atomic mass is 11.1. The summed E-state index contributed by atoms with van der Waals surface area (Å²) in [5.41, 5.74) is 0. The lowest BCUT2D eigenvalue weighted by molar-refractivity contribution is 0.172. The Labute approximate surface area is 54.7 Å². The number of alkyl carbamates (subject to hydrolysis) is 1. The Bertz CT molecular complexity index is 125. The van der Waals surface area contributed by atoms with Gasteiger partial charge in [0.15, 0.2) is 0 Å². The molecule has 1 amide bonds. The minimum absolute atomic E-state index is 0.410. The van der Waals surface area contributed by atoms with Crippen molar-refractivity contribution >= 4 is 17.2 Å². The summed E-state index contributed by atoms with van der Waals surface area (Å²) in [4.78, 5) is 10.1. The van der Waals surface area contributed by atoms with Crippen LogP contribution in [0, 0.1) is 0 Å². The Balaban J connectivity index is 3.28. The van der Waals surface area contributed by atoms with E-state index in [4.69, 9.17) is 0 Å². The fourth-order valence-electron chi connectivity index (χ4n) is 0.190. The second-order valence-corrected chi connectivity index (χ2v) is 2.01. The van der Waals surface area contributed by atoms with E-state index in [1.807, 2.05) is 5.32 Å². The van der Waals surface area contributed by atoms with Crippen LogP contribution in [0.4, 0.5) is 4.79 Å². The first-order valence-corrected chi connectivity index (χ1v) is 3.29. The number of hydrogen-bond donors (Lipinski definition) is 1. The average molecular weight is 152 g/mol. The van der Waals surface area contributed by atoms with Gasteiger partial charge in [-0.2, -0.15) is 0 Å². The van der Waals surface area contributed by atoms with Gasteiger partial charge in [-0.15, -0.1) is 0 Å². The molecule has 1 unspecified atom stereocenters. The first kappa shape index (κ1) is 8.38. The zero-order chi connectivity index (χ0) is 7.28. The molecule has 0 aliphatic carbocycles. The summed E-state index contributed by atoms with van der Waals surface area (Å²) >= 11 is -2.25. The molecule has 0 radical (unpaired) electrons. The Morgan fingerprint density at radius 1 is 1.89 bits per heavy atom. The third-order valence-corrected chi connectivity index (χ3v) is 0.900. The molecule has 0 rings (SSSR count). The van der Waals surface area contributed by atoms with E-state index in [0.717, 1.165) is 7.11 Å². The van der Waals surface area contributed by atoms with Gasteiger partial charge in [-0.1, -0.05) is 0 Å². The Kier molecular flexibility index (Phi) is 3.98. The molecule has 0 saturated heterocycles. The molecule has 0 spiro atoms. The fourth-order valence-corrected chi connectivity index (χ4v) is 0.426. The molecule has 0 heterocycles. The summed E-state index contributed by atoms with van der Waals surface area (Å²) in [6, 6.07) is 0. The molecular weight excluding hydrogens is 146 g/mol. The smallest absolute Gasteiger partial charge is 0.407 e. The Morgan fingerprint density at radius 2 is 2.44 bits per heavy atom. The molecule has 6 heteroatoms. The van der Waals surface area contributed by atoms with Crippen molar-refractivity contribution in [3.63, 3.8) is 0 Å². The van der Waals surface area contributed by atoms with Crippen molar-refractivity contribution in [2.75, 3.05) is 13.0 Å². The lowest BCUT2D eigenvalue weighted by Crippen LogP contribution is -2.26.